The molecule has 0 bridgehead atoms. The predicted octanol–water partition coefficient (Wildman–Crippen LogP) is 2.93. The van der Waals surface area contributed by atoms with Gasteiger partial charge in [-0.3, -0.25) is 19.3 Å². The van der Waals surface area contributed by atoms with Crippen LogP contribution in [0.1, 0.15) is 52.9 Å². The Balaban J connectivity index is 1.81. The van der Waals surface area contributed by atoms with Gasteiger partial charge in [0, 0.05) is 11.4 Å². The molecule has 6 heteroatoms. The molecule has 3 rings (SSSR count). The van der Waals surface area contributed by atoms with E-state index in [-0.39, 0.29) is 30.9 Å². The summed E-state index contributed by atoms with van der Waals surface area (Å²) < 4.78 is 7.15. The Hall–Kier alpha value is -2.89. The maximum atomic E-state index is 12.5. The topological polar surface area (TPSA) is 68.6 Å². The van der Waals surface area contributed by atoms with Crippen molar-refractivity contribution in [3.63, 3.8) is 0 Å². The van der Waals surface area contributed by atoms with Crippen LogP contribution in [0, 0.1) is 6.92 Å². The van der Waals surface area contributed by atoms with Crippen molar-refractivity contribution < 1.29 is 19.1 Å². The number of aryl methyl sites for hydroxylation is 1. The highest BCUT2D eigenvalue weighted by atomic mass is 16.6. The fourth-order valence-electron chi connectivity index (χ4n) is 3.04. The minimum Gasteiger partial charge on any atom is -0.459 e. The van der Waals surface area contributed by atoms with E-state index in [1.165, 1.54) is 4.90 Å². The maximum Gasteiger partial charge on any atom is 0.326 e. The van der Waals surface area contributed by atoms with Crippen LogP contribution in [0.15, 0.2) is 36.4 Å². The molecule has 0 spiro atoms. The van der Waals surface area contributed by atoms with Gasteiger partial charge in [0.2, 0.25) is 0 Å². The number of imide groups is 1. The van der Waals surface area contributed by atoms with E-state index in [1.54, 1.807) is 28.8 Å². The van der Waals surface area contributed by atoms with Gasteiger partial charge in [0.15, 0.2) is 0 Å². The van der Waals surface area contributed by atoms with Gasteiger partial charge in [-0.25, -0.2) is 0 Å². The number of carbonyl (C=O) groups is 3. The number of ether oxygens (including phenoxy) is 1. The fraction of sp³-hybridized carbons (Fsp3) is 0.350. The summed E-state index contributed by atoms with van der Waals surface area (Å²) in [6.07, 6.45) is 0. The number of rotatable bonds is 4. The predicted molar refractivity (Wildman–Crippen MR) is 95.7 cm³/mol. The molecule has 2 heterocycles. The Morgan fingerprint density at radius 1 is 1.00 bits per heavy atom. The van der Waals surface area contributed by atoms with Gasteiger partial charge in [-0.05, 0) is 52.0 Å². The molecule has 0 saturated carbocycles. The monoisotopic (exact) mass is 354 g/mol. The normalized spacial score (nSPS) is 13.9. The molecule has 2 aromatic rings. The second-order valence-corrected chi connectivity index (χ2v) is 7.38. The van der Waals surface area contributed by atoms with E-state index in [4.69, 9.17) is 4.74 Å². The van der Waals surface area contributed by atoms with Crippen LogP contribution in [0.25, 0.3) is 0 Å². The first kappa shape index (κ1) is 17.9. The average molecular weight is 354 g/mol. The van der Waals surface area contributed by atoms with Crippen molar-refractivity contribution >= 4 is 17.8 Å². The number of nitrogens with zero attached hydrogens (tertiary/aromatic N) is 2. The second kappa shape index (κ2) is 6.44. The molecule has 0 radical (unpaired) electrons. The zero-order valence-electron chi connectivity index (χ0n) is 15.4. The number of amides is 2. The lowest BCUT2D eigenvalue weighted by molar-refractivity contribution is -0.155. The highest BCUT2D eigenvalue weighted by Crippen LogP contribution is 2.25. The van der Waals surface area contributed by atoms with Gasteiger partial charge in [-0.2, -0.15) is 0 Å². The molecule has 6 nitrogen and oxygen atoms in total. The van der Waals surface area contributed by atoms with Crippen LogP contribution in [-0.4, -0.2) is 32.9 Å². The molecule has 0 atom stereocenters. The van der Waals surface area contributed by atoms with Crippen molar-refractivity contribution in [2.24, 2.45) is 0 Å². The van der Waals surface area contributed by atoms with Crippen molar-refractivity contribution in [1.82, 2.24) is 9.47 Å². The van der Waals surface area contributed by atoms with Gasteiger partial charge in [0.1, 0.15) is 12.1 Å². The van der Waals surface area contributed by atoms with Crippen LogP contribution in [0.4, 0.5) is 0 Å². The molecule has 0 aliphatic carbocycles. The highest BCUT2D eigenvalue weighted by Gasteiger charge is 2.35. The van der Waals surface area contributed by atoms with Crippen LogP contribution in [0.2, 0.25) is 0 Å². The van der Waals surface area contributed by atoms with Crippen molar-refractivity contribution in [1.29, 1.82) is 0 Å². The molecule has 1 aliphatic heterocycles. The molecule has 0 unspecified atom stereocenters. The molecule has 0 saturated heterocycles. The van der Waals surface area contributed by atoms with Crippen LogP contribution < -0.4 is 0 Å². The summed E-state index contributed by atoms with van der Waals surface area (Å²) in [5.41, 5.74) is 1.84. The largest absolute Gasteiger partial charge is 0.459 e. The molecule has 1 aromatic carbocycles. The maximum absolute atomic E-state index is 12.5. The van der Waals surface area contributed by atoms with E-state index in [9.17, 15) is 14.4 Å². The minimum absolute atomic E-state index is 0.0363. The van der Waals surface area contributed by atoms with Gasteiger partial charge >= 0.3 is 5.97 Å². The lowest BCUT2D eigenvalue weighted by Crippen LogP contribution is -2.31. The van der Waals surface area contributed by atoms with Crippen LogP contribution in [0.5, 0.6) is 0 Å². The minimum atomic E-state index is -0.569. The molecule has 26 heavy (non-hydrogen) atoms. The summed E-state index contributed by atoms with van der Waals surface area (Å²) in [4.78, 5) is 38.5. The lowest BCUT2D eigenvalue weighted by atomic mass is 10.1. The molecule has 2 amide bonds. The molecule has 0 N–H and O–H groups in total. The molecular formula is C20H22N2O4. The summed E-state index contributed by atoms with van der Waals surface area (Å²) in [6, 6.07) is 10.5. The standard InChI is InChI=1S/C20H22N2O4/c1-13-9-10-14(21(13)12-17(23)26-20(2,3)4)11-22-18(24)15-7-5-6-8-16(15)19(22)25/h5-10H,11-12H2,1-4H3. The average Bonchev–Trinajstić information content (AvgIpc) is 3.00. The number of hydrogen-bond donors (Lipinski definition) is 0. The van der Waals surface area contributed by atoms with E-state index >= 15 is 0 Å². The Morgan fingerprint density at radius 2 is 1.58 bits per heavy atom. The van der Waals surface area contributed by atoms with Gasteiger partial charge in [0.25, 0.3) is 11.8 Å². The van der Waals surface area contributed by atoms with Gasteiger partial charge in [-0.1, -0.05) is 12.1 Å². The summed E-state index contributed by atoms with van der Waals surface area (Å²) >= 11 is 0. The molecule has 0 fully saturated rings. The third kappa shape index (κ3) is 3.40. The molecule has 136 valence electrons. The summed E-state index contributed by atoms with van der Waals surface area (Å²) in [5, 5.41) is 0. The number of hydrogen-bond acceptors (Lipinski definition) is 4. The summed E-state index contributed by atoms with van der Waals surface area (Å²) in [6.45, 7) is 7.46. The highest BCUT2D eigenvalue weighted by molar-refractivity contribution is 6.21. The van der Waals surface area contributed by atoms with E-state index in [0.717, 1.165) is 5.69 Å². The van der Waals surface area contributed by atoms with Crippen molar-refractivity contribution in [2.45, 2.75) is 46.4 Å². The Labute approximate surface area is 152 Å². The summed E-state index contributed by atoms with van der Waals surface area (Å²) in [7, 11) is 0. The number of fused-ring (bicyclic) bond motifs is 1. The quantitative estimate of drug-likeness (QED) is 0.625. The number of carbonyl (C=O) groups excluding carboxylic acids is 3. The zero-order valence-corrected chi connectivity index (χ0v) is 15.4. The van der Waals surface area contributed by atoms with E-state index < -0.39 is 5.60 Å². The van der Waals surface area contributed by atoms with Gasteiger partial charge in [0.05, 0.1) is 17.7 Å². The van der Waals surface area contributed by atoms with Crippen LogP contribution in [0.3, 0.4) is 0 Å². The Kier molecular flexibility index (Phi) is 4.44. The van der Waals surface area contributed by atoms with Crippen molar-refractivity contribution in [3.8, 4) is 0 Å². The molecule has 1 aliphatic rings. The van der Waals surface area contributed by atoms with E-state index in [0.29, 0.717) is 16.8 Å². The van der Waals surface area contributed by atoms with Crippen molar-refractivity contribution in [2.75, 3.05) is 0 Å². The first-order chi connectivity index (χ1) is 12.2. The third-order valence-electron chi connectivity index (χ3n) is 4.19. The Bertz CT molecular complexity index is 854. The van der Waals surface area contributed by atoms with Crippen LogP contribution in [-0.2, 0) is 22.6 Å². The summed E-state index contributed by atoms with van der Waals surface area (Å²) in [5.74, 6) is -0.984. The molecule has 1 aromatic heterocycles. The first-order valence-corrected chi connectivity index (χ1v) is 8.49. The second-order valence-electron chi connectivity index (χ2n) is 7.38. The smallest absolute Gasteiger partial charge is 0.326 e. The zero-order chi connectivity index (χ0) is 19.1. The number of aromatic nitrogens is 1. The van der Waals surface area contributed by atoms with E-state index in [2.05, 4.69) is 0 Å². The van der Waals surface area contributed by atoms with Gasteiger partial charge in [-0.15, -0.1) is 0 Å². The third-order valence-corrected chi connectivity index (χ3v) is 4.19. The van der Waals surface area contributed by atoms with Crippen LogP contribution >= 0.6 is 0 Å². The SMILES string of the molecule is Cc1ccc(CN2C(=O)c3ccccc3C2=O)n1CC(=O)OC(C)(C)C. The Morgan fingerprint density at radius 3 is 2.12 bits per heavy atom. The van der Waals surface area contributed by atoms with E-state index in [1.807, 2.05) is 39.8 Å². The van der Waals surface area contributed by atoms with Crippen molar-refractivity contribution in [3.05, 3.63) is 58.9 Å². The number of benzene rings is 1. The lowest BCUT2D eigenvalue weighted by Gasteiger charge is -2.21. The number of esters is 1. The first-order valence-electron chi connectivity index (χ1n) is 8.49. The van der Waals surface area contributed by atoms with Gasteiger partial charge < -0.3 is 9.30 Å². The fourth-order valence-corrected chi connectivity index (χ4v) is 3.04. The molecular weight excluding hydrogens is 332 g/mol.